The van der Waals surface area contributed by atoms with Gasteiger partial charge in [0.05, 0.1) is 12.8 Å². The number of aromatic nitrogens is 1. The largest absolute Gasteiger partial charge is 0.493 e. The Bertz CT molecular complexity index is 563. The van der Waals surface area contributed by atoms with Crippen molar-refractivity contribution < 1.29 is 9.13 Å². The highest BCUT2D eigenvalue weighted by atomic mass is 19.1. The van der Waals surface area contributed by atoms with E-state index in [9.17, 15) is 9.18 Å². The van der Waals surface area contributed by atoms with Gasteiger partial charge in [-0.25, -0.2) is 4.39 Å². The summed E-state index contributed by atoms with van der Waals surface area (Å²) < 4.78 is 18.4. The van der Waals surface area contributed by atoms with Gasteiger partial charge in [-0.3, -0.25) is 4.79 Å². The molecule has 16 heavy (non-hydrogen) atoms. The van der Waals surface area contributed by atoms with Crippen LogP contribution in [0.15, 0.2) is 41.2 Å². The molecule has 0 bridgehead atoms. The first-order valence-electron chi connectivity index (χ1n) is 4.74. The van der Waals surface area contributed by atoms with E-state index in [-0.39, 0.29) is 11.3 Å². The number of nitrogens with one attached hydrogen (secondary N) is 1. The summed E-state index contributed by atoms with van der Waals surface area (Å²) in [4.78, 5) is 13.8. The van der Waals surface area contributed by atoms with Gasteiger partial charge in [-0.1, -0.05) is 12.1 Å². The zero-order valence-corrected chi connectivity index (χ0v) is 8.66. The molecule has 1 aromatic carbocycles. The van der Waals surface area contributed by atoms with Crippen LogP contribution in [-0.4, -0.2) is 12.1 Å². The molecular weight excluding hydrogens is 209 g/mol. The van der Waals surface area contributed by atoms with Crippen molar-refractivity contribution in [2.24, 2.45) is 0 Å². The minimum Gasteiger partial charge on any atom is -0.493 e. The molecule has 82 valence electrons. The Morgan fingerprint density at radius 1 is 1.19 bits per heavy atom. The molecule has 0 unspecified atom stereocenters. The first kappa shape index (κ1) is 10.4. The van der Waals surface area contributed by atoms with Crippen LogP contribution in [0.1, 0.15) is 0 Å². The molecule has 3 nitrogen and oxygen atoms in total. The molecule has 0 aliphatic rings. The Balaban J connectivity index is 2.64. The van der Waals surface area contributed by atoms with Gasteiger partial charge in [0.15, 0.2) is 11.6 Å². The molecule has 1 heterocycles. The van der Waals surface area contributed by atoms with E-state index in [1.165, 1.54) is 19.2 Å². The Morgan fingerprint density at radius 2 is 1.94 bits per heavy atom. The number of hydrogen-bond acceptors (Lipinski definition) is 2. The fraction of sp³-hybridized carbons (Fsp3) is 0.0833. The quantitative estimate of drug-likeness (QED) is 0.841. The summed E-state index contributed by atoms with van der Waals surface area (Å²) in [5, 5.41) is 0. The van der Waals surface area contributed by atoms with Gasteiger partial charge in [0.25, 0.3) is 0 Å². The second kappa shape index (κ2) is 4.18. The highest BCUT2D eigenvalue weighted by molar-refractivity contribution is 5.67. The maximum atomic E-state index is 13.4. The predicted molar refractivity (Wildman–Crippen MR) is 59.0 cm³/mol. The van der Waals surface area contributed by atoms with Crippen molar-refractivity contribution in [2.75, 3.05) is 7.11 Å². The van der Waals surface area contributed by atoms with Crippen LogP contribution in [0, 0.1) is 5.82 Å². The summed E-state index contributed by atoms with van der Waals surface area (Å²) in [5.74, 6) is -0.325. The molecule has 0 aliphatic carbocycles. The minimum atomic E-state index is -0.454. The Morgan fingerprint density at radius 3 is 2.62 bits per heavy atom. The van der Waals surface area contributed by atoms with Crippen molar-refractivity contribution in [1.29, 1.82) is 0 Å². The van der Waals surface area contributed by atoms with Gasteiger partial charge in [-0.05, 0) is 18.2 Å². The number of aromatic amines is 1. The van der Waals surface area contributed by atoms with Crippen molar-refractivity contribution >= 4 is 0 Å². The minimum absolute atomic E-state index is 0.129. The zero-order chi connectivity index (χ0) is 11.5. The van der Waals surface area contributed by atoms with Crippen molar-refractivity contribution in [3.05, 3.63) is 52.6 Å². The number of benzene rings is 1. The van der Waals surface area contributed by atoms with E-state index in [0.717, 1.165) is 0 Å². The number of ether oxygens (including phenoxy) is 1. The number of halogens is 1. The molecule has 0 amide bonds. The van der Waals surface area contributed by atoms with Gasteiger partial charge in [0.1, 0.15) is 0 Å². The summed E-state index contributed by atoms with van der Waals surface area (Å²) >= 11 is 0. The second-order valence-corrected chi connectivity index (χ2v) is 3.25. The highest BCUT2D eigenvalue weighted by Crippen LogP contribution is 2.29. The summed E-state index contributed by atoms with van der Waals surface area (Å²) in [5.41, 5.74) is 0.827. The molecule has 2 rings (SSSR count). The van der Waals surface area contributed by atoms with Crippen molar-refractivity contribution in [3.63, 3.8) is 0 Å². The molecule has 0 aliphatic heterocycles. The number of methoxy groups -OCH3 is 1. The topological polar surface area (TPSA) is 42.1 Å². The maximum absolute atomic E-state index is 13.4. The van der Waals surface area contributed by atoms with Gasteiger partial charge < -0.3 is 9.72 Å². The molecule has 1 aromatic heterocycles. The van der Waals surface area contributed by atoms with E-state index < -0.39 is 5.82 Å². The maximum Gasteiger partial charge on any atom is 0.248 e. The Kier molecular flexibility index (Phi) is 2.72. The molecule has 0 atom stereocenters. The average Bonchev–Trinajstić information content (AvgIpc) is 2.28. The van der Waals surface area contributed by atoms with E-state index in [2.05, 4.69) is 4.98 Å². The van der Waals surface area contributed by atoms with Gasteiger partial charge in [-0.15, -0.1) is 0 Å². The third kappa shape index (κ3) is 1.82. The standard InChI is InChI=1S/C12H10FNO2/c1-16-12-8(4-2-5-9(12)13)10-6-3-7-11(15)14-10/h2-7H,1H3,(H,14,15). The summed E-state index contributed by atoms with van der Waals surface area (Å²) in [6.45, 7) is 0. The van der Waals surface area contributed by atoms with E-state index >= 15 is 0 Å². The monoisotopic (exact) mass is 219 g/mol. The van der Waals surface area contributed by atoms with Crippen molar-refractivity contribution in [3.8, 4) is 17.0 Å². The van der Waals surface area contributed by atoms with Crippen LogP contribution >= 0.6 is 0 Å². The van der Waals surface area contributed by atoms with Gasteiger partial charge in [-0.2, -0.15) is 0 Å². The fourth-order valence-corrected chi connectivity index (χ4v) is 1.53. The number of pyridine rings is 1. The van der Waals surface area contributed by atoms with Gasteiger partial charge in [0.2, 0.25) is 5.56 Å². The Hall–Kier alpha value is -2.10. The number of H-pyrrole nitrogens is 1. The summed E-state index contributed by atoms with van der Waals surface area (Å²) in [7, 11) is 1.39. The van der Waals surface area contributed by atoms with Crippen LogP contribution in [0.2, 0.25) is 0 Å². The van der Waals surface area contributed by atoms with E-state index in [4.69, 9.17) is 4.74 Å². The van der Waals surface area contributed by atoms with Crippen molar-refractivity contribution in [2.45, 2.75) is 0 Å². The lowest BCUT2D eigenvalue weighted by atomic mass is 10.1. The van der Waals surface area contributed by atoms with Gasteiger partial charge >= 0.3 is 0 Å². The number of rotatable bonds is 2. The normalized spacial score (nSPS) is 10.1. The Labute approximate surface area is 91.5 Å². The van der Waals surface area contributed by atoms with Crippen LogP contribution in [-0.2, 0) is 0 Å². The number of para-hydroxylation sites is 1. The predicted octanol–water partition coefficient (Wildman–Crippen LogP) is 2.19. The third-order valence-electron chi connectivity index (χ3n) is 2.23. The lowest BCUT2D eigenvalue weighted by molar-refractivity contribution is 0.388. The first-order valence-corrected chi connectivity index (χ1v) is 4.74. The molecule has 0 saturated carbocycles. The third-order valence-corrected chi connectivity index (χ3v) is 2.23. The zero-order valence-electron chi connectivity index (χ0n) is 8.66. The van der Waals surface area contributed by atoms with Crippen LogP contribution in [0.4, 0.5) is 4.39 Å². The SMILES string of the molecule is COc1c(F)cccc1-c1cccc(=O)[nH]1. The second-order valence-electron chi connectivity index (χ2n) is 3.25. The molecule has 0 radical (unpaired) electrons. The molecule has 0 spiro atoms. The lowest BCUT2D eigenvalue weighted by Gasteiger charge is -2.08. The van der Waals surface area contributed by atoms with E-state index in [1.54, 1.807) is 24.3 Å². The molecule has 2 aromatic rings. The smallest absolute Gasteiger partial charge is 0.248 e. The van der Waals surface area contributed by atoms with Crippen LogP contribution in [0.3, 0.4) is 0 Å². The molecule has 0 saturated heterocycles. The summed E-state index contributed by atoms with van der Waals surface area (Å²) in [6.07, 6.45) is 0. The molecule has 1 N–H and O–H groups in total. The van der Waals surface area contributed by atoms with Crippen LogP contribution < -0.4 is 10.3 Å². The number of hydrogen-bond donors (Lipinski definition) is 1. The van der Waals surface area contributed by atoms with Crippen molar-refractivity contribution in [1.82, 2.24) is 4.98 Å². The highest BCUT2D eigenvalue weighted by Gasteiger charge is 2.10. The average molecular weight is 219 g/mol. The lowest BCUT2D eigenvalue weighted by Crippen LogP contribution is -2.04. The molecule has 4 heteroatoms. The molecular formula is C12H10FNO2. The fourth-order valence-electron chi connectivity index (χ4n) is 1.53. The molecule has 0 fully saturated rings. The van der Waals surface area contributed by atoms with Crippen LogP contribution in [0.25, 0.3) is 11.3 Å². The van der Waals surface area contributed by atoms with Crippen LogP contribution in [0.5, 0.6) is 5.75 Å². The van der Waals surface area contributed by atoms with Gasteiger partial charge in [0, 0.05) is 11.6 Å². The van der Waals surface area contributed by atoms with E-state index in [1.807, 2.05) is 0 Å². The first-order chi connectivity index (χ1) is 7.72. The summed E-state index contributed by atoms with van der Waals surface area (Å²) in [6, 6.07) is 9.27. The van der Waals surface area contributed by atoms with E-state index in [0.29, 0.717) is 11.3 Å².